The summed E-state index contributed by atoms with van der Waals surface area (Å²) < 4.78 is 6.12. The second-order valence-electron chi connectivity index (χ2n) is 5.32. The molecule has 1 fully saturated rings. The molecule has 114 valence electrons. The molecule has 0 saturated carbocycles. The molecule has 6 heteroatoms. The molecule has 5 nitrogen and oxygen atoms in total. The molecule has 1 aromatic carbocycles. The number of carboxylic acid groups (broad SMARTS) is 1. The minimum Gasteiger partial charge on any atom is -0.481 e. The van der Waals surface area contributed by atoms with Crippen LogP contribution in [0.3, 0.4) is 0 Å². The summed E-state index contributed by atoms with van der Waals surface area (Å²) in [6, 6.07) is 5.52. The van der Waals surface area contributed by atoms with Gasteiger partial charge in [0.25, 0.3) is 5.91 Å². The first kappa shape index (κ1) is 16.2. The van der Waals surface area contributed by atoms with Gasteiger partial charge in [0.05, 0.1) is 11.0 Å². The number of halogens is 1. The summed E-state index contributed by atoms with van der Waals surface area (Å²) in [7, 11) is 0. The van der Waals surface area contributed by atoms with E-state index in [2.05, 4.69) is 27.9 Å². The van der Waals surface area contributed by atoms with Gasteiger partial charge in [-0.25, -0.2) is 0 Å². The number of ether oxygens (including phenoxy) is 1. The first-order chi connectivity index (χ1) is 9.96. The van der Waals surface area contributed by atoms with Gasteiger partial charge < -0.3 is 15.2 Å². The van der Waals surface area contributed by atoms with E-state index in [-0.39, 0.29) is 12.5 Å². The minimum atomic E-state index is -0.914. The Morgan fingerprint density at radius 1 is 1.38 bits per heavy atom. The van der Waals surface area contributed by atoms with Crippen LogP contribution in [0.5, 0.6) is 0 Å². The smallest absolute Gasteiger partial charge is 0.311 e. The Labute approximate surface area is 137 Å². The van der Waals surface area contributed by atoms with E-state index in [1.807, 2.05) is 19.1 Å². The third-order valence-corrected chi connectivity index (χ3v) is 5.36. The molecule has 1 saturated heterocycles. The molecule has 0 radical (unpaired) electrons. The molecule has 21 heavy (non-hydrogen) atoms. The third kappa shape index (κ3) is 3.55. The topological polar surface area (TPSA) is 75.6 Å². The average Bonchev–Trinajstić information content (AvgIpc) is 2.48. The van der Waals surface area contributed by atoms with E-state index < -0.39 is 11.4 Å². The van der Waals surface area contributed by atoms with Gasteiger partial charge in [-0.2, -0.15) is 0 Å². The highest BCUT2D eigenvalue weighted by Gasteiger charge is 2.40. The van der Waals surface area contributed by atoms with Crippen LogP contribution < -0.4 is 5.32 Å². The van der Waals surface area contributed by atoms with E-state index in [0.29, 0.717) is 31.6 Å². The van der Waals surface area contributed by atoms with Gasteiger partial charge in [0.15, 0.2) is 0 Å². The maximum atomic E-state index is 12.3. The van der Waals surface area contributed by atoms with Crippen LogP contribution in [0.4, 0.5) is 0 Å². The maximum absolute atomic E-state index is 12.3. The molecule has 2 N–H and O–H groups in total. The summed E-state index contributed by atoms with van der Waals surface area (Å²) in [5.74, 6) is -1.10. The van der Waals surface area contributed by atoms with Crippen LogP contribution in [0.15, 0.2) is 18.2 Å². The number of aryl methyl sites for hydroxylation is 1. The van der Waals surface area contributed by atoms with Crippen molar-refractivity contribution in [2.45, 2.75) is 19.8 Å². The zero-order valence-corrected chi connectivity index (χ0v) is 14.0. The van der Waals surface area contributed by atoms with Gasteiger partial charge in [0, 0.05) is 23.3 Å². The fraction of sp³-hybridized carbons (Fsp3) is 0.467. The van der Waals surface area contributed by atoms with Crippen molar-refractivity contribution in [3.8, 4) is 0 Å². The number of carbonyl (C=O) groups is 2. The fourth-order valence-electron chi connectivity index (χ4n) is 2.40. The van der Waals surface area contributed by atoms with Crippen LogP contribution in [0.1, 0.15) is 28.8 Å². The average molecular weight is 403 g/mol. The molecule has 1 aromatic rings. The minimum absolute atomic E-state index is 0.133. The summed E-state index contributed by atoms with van der Waals surface area (Å²) >= 11 is 2.13. The van der Waals surface area contributed by atoms with Crippen molar-refractivity contribution in [1.82, 2.24) is 5.32 Å². The lowest BCUT2D eigenvalue weighted by Gasteiger charge is -2.33. The molecule has 1 aliphatic rings. The standard InChI is InChI=1S/C15H18INO4/c1-10-3-2-4-11(12(10)16)13(18)17-9-15(14(19)20)5-7-21-8-6-15/h2-4H,5-9H2,1H3,(H,17,18)(H,19,20). The van der Waals surface area contributed by atoms with Gasteiger partial charge in [0.1, 0.15) is 0 Å². The maximum Gasteiger partial charge on any atom is 0.311 e. The molecule has 2 rings (SSSR count). The number of nitrogens with one attached hydrogen (secondary N) is 1. The molecular weight excluding hydrogens is 385 g/mol. The zero-order valence-electron chi connectivity index (χ0n) is 11.8. The molecule has 1 amide bonds. The monoisotopic (exact) mass is 403 g/mol. The third-order valence-electron chi connectivity index (χ3n) is 3.93. The molecule has 0 aromatic heterocycles. The second-order valence-corrected chi connectivity index (χ2v) is 6.40. The van der Waals surface area contributed by atoms with Gasteiger partial charge in [-0.05, 0) is 54.0 Å². The zero-order chi connectivity index (χ0) is 15.5. The highest BCUT2D eigenvalue weighted by atomic mass is 127. The van der Waals surface area contributed by atoms with Crippen molar-refractivity contribution in [2.75, 3.05) is 19.8 Å². The number of aliphatic carboxylic acids is 1. The Bertz CT molecular complexity index is 553. The quantitative estimate of drug-likeness (QED) is 0.757. The lowest BCUT2D eigenvalue weighted by molar-refractivity contribution is -0.154. The van der Waals surface area contributed by atoms with Gasteiger partial charge in [-0.1, -0.05) is 12.1 Å². The lowest BCUT2D eigenvalue weighted by atomic mass is 9.80. The van der Waals surface area contributed by atoms with Crippen molar-refractivity contribution in [2.24, 2.45) is 5.41 Å². The Hall–Kier alpha value is -1.15. The number of rotatable bonds is 4. The van der Waals surface area contributed by atoms with Crippen LogP contribution in [0, 0.1) is 15.9 Å². The largest absolute Gasteiger partial charge is 0.481 e. The van der Waals surface area contributed by atoms with Crippen LogP contribution in [-0.2, 0) is 9.53 Å². The molecule has 0 atom stereocenters. The number of carboxylic acids is 1. The van der Waals surface area contributed by atoms with Crippen molar-refractivity contribution in [3.05, 3.63) is 32.9 Å². The molecular formula is C15H18INO4. The van der Waals surface area contributed by atoms with E-state index in [9.17, 15) is 14.7 Å². The normalized spacial score (nSPS) is 17.2. The van der Waals surface area contributed by atoms with E-state index in [1.165, 1.54) is 0 Å². The number of amides is 1. The number of hydrogen-bond acceptors (Lipinski definition) is 3. The van der Waals surface area contributed by atoms with Crippen LogP contribution >= 0.6 is 22.6 Å². The number of benzene rings is 1. The predicted octanol–water partition coefficient (Wildman–Crippen LogP) is 2.21. The van der Waals surface area contributed by atoms with Gasteiger partial charge in [0.2, 0.25) is 0 Å². The van der Waals surface area contributed by atoms with Crippen molar-refractivity contribution >= 4 is 34.5 Å². The Morgan fingerprint density at radius 2 is 2.05 bits per heavy atom. The first-order valence-electron chi connectivity index (χ1n) is 6.81. The van der Waals surface area contributed by atoms with Gasteiger partial charge >= 0.3 is 5.97 Å². The summed E-state index contributed by atoms with van der Waals surface area (Å²) in [4.78, 5) is 23.8. The second kappa shape index (κ2) is 6.74. The molecule has 0 aliphatic carbocycles. The number of carbonyl (C=O) groups excluding carboxylic acids is 1. The highest BCUT2D eigenvalue weighted by Crippen LogP contribution is 2.30. The van der Waals surface area contributed by atoms with Crippen LogP contribution in [0.2, 0.25) is 0 Å². The number of hydrogen-bond donors (Lipinski definition) is 2. The Kier molecular flexibility index (Phi) is 5.21. The van der Waals surface area contributed by atoms with E-state index in [0.717, 1.165) is 9.13 Å². The summed E-state index contributed by atoms with van der Waals surface area (Å²) in [5, 5.41) is 12.2. The van der Waals surface area contributed by atoms with Crippen molar-refractivity contribution in [1.29, 1.82) is 0 Å². The summed E-state index contributed by atoms with van der Waals surface area (Å²) in [6.45, 7) is 2.92. The Morgan fingerprint density at radius 3 is 2.67 bits per heavy atom. The van der Waals surface area contributed by atoms with E-state index in [4.69, 9.17) is 4.74 Å². The molecule has 0 unspecified atom stereocenters. The van der Waals surface area contributed by atoms with Gasteiger partial charge in [-0.3, -0.25) is 9.59 Å². The summed E-state index contributed by atoms with van der Waals surface area (Å²) in [6.07, 6.45) is 0.848. The van der Waals surface area contributed by atoms with Crippen molar-refractivity contribution < 1.29 is 19.4 Å². The predicted molar refractivity (Wildman–Crippen MR) is 86.4 cm³/mol. The van der Waals surface area contributed by atoms with E-state index >= 15 is 0 Å². The van der Waals surface area contributed by atoms with Crippen LogP contribution in [0.25, 0.3) is 0 Å². The van der Waals surface area contributed by atoms with E-state index in [1.54, 1.807) is 6.07 Å². The SMILES string of the molecule is Cc1cccc(C(=O)NCC2(C(=O)O)CCOCC2)c1I. The lowest BCUT2D eigenvalue weighted by Crippen LogP contribution is -2.46. The van der Waals surface area contributed by atoms with Gasteiger partial charge in [-0.15, -0.1) is 0 Å². The molecule has 0 bridgehead atoms. The van der Waals surface area contributed by atoms with Crippen molar-refractivity contribution in [3.63, 3.8) is 0 Å². The molecule has 1 aliphatic heterocycles. The highest BCUT2D eigenvalue weighted by molar-refractivity contribution is 14.1. The Balaban J connectivity index is 2.09. The molecule has 1 heterocycles. The fourth-order valence-corrected chi connectivity index (χ4v) is 3.00. The summed E-state index contributed by atoms with van der Waals surface area (Å²) in [5.41, 5.74) is 0.703. The molecule has 0 spiro atoms. The first-order valence-corrected chi connectivity index (χ1v) is 7.89. The van der Waals surface area contributed by atoms with Crippen LogP contribution in [-0.4, -0.2) is 36.7 Å².